The molecule has 0 aromatic heterocycles. The largest absolute Gasteiger partial charge is 0.364 e. The molecule has 15 heavy (non-hydrogen) atoms. The Morgan fingerprint density at radius 2 is 2.20 bits per heavy atom. The van der Waals surface area contributed by atoms with Crippen LogP contribution in [-0.4, -0.2) is 23.5 Å². The predicted molar refractivity (Wildman–Crippen MR) is 70.6 cm³/mol. The molecule has 0 saturated carbocycles. The third-order valence-electron chi connectivity index (χ3n) is 3.10. The lowest BCUT2D eigenvalue weighted by Crippen LogP contribution is -2.31. The van der Waals surface area contributed by atoms with Crippen LogP contribution in [0.3, 0.4) is 0 Å². The van der Waals surface area contributed by atoms with Crippen LogP contribution in [0, 0.1) is 11.3 Å². The van der Waals surface area contributed by atoms with Crippen LogP contribution in [0.15, 0.2) is 4.99 Å². The molecular formula is C12H24N2S. The van der Waals surface area contributed by atoms with Gasteiger partial charge in [-0.15, -0.1) is 0 Å². The Labute approximate surface area is 98.3 Å². The second kappa shape index (κ2) is 5.24. The maximum atomic E-state index is 4.54. The van der Waals surface area contributed by atoms with Gasteiger partial charge < -0.3 is 5.32 Å². The molecule has 0 bridgehead atoms. The molecule has 0 amide bonds. The number of nitrogens with zero attached hydrogens (tertiary/aromatic N) is 1. The summed E-state index contributed by atoms with van der Waals surface area (Å²) in [6, 6.07) is 0. The summed E-state index contributed by atoms with van der Waals surface area (Å²) in [6.45, 7) is 13.4. The lowest BCUT2D eigenvalue weighted by Gasteiger charge is -2.23. The average Bonchev–Trinajstić information content (AvgIpc) is 2.63. The molecule has 0 aliphatic carbocycles. The molecule has 0 spiro atoms. The van der Waals surface area contributed by atoms with Crippen molar-refractivity contribution < 1.29 is 0 Å². The number of rotatable bonds is 4. The van der Waals surface area contributed by atoms with Gasteiger partial charge in [0.25, 0.3) is 0 Å². The Morgan fingerprint density at radius 1 is 1.53 bits per heavy atom. The van der Waals surface area contributed by atoms with Crippen molar-refractivity contribution in [3.8, 4) is 0 Å². The van der Waals surface area contributed by atoms with Crippen LogP contribution in [0.25, 0.3) is 0 Å². The van der Waals surface area contributed by atoms with Gasteiger partial charge in [0.1, 0.15) is 0 Å². The fourth-order valence-electron chi connectivity index (χ4n) is 1.28. The third kappa shape index (κ3) is 4.06. The smallest absolute Gasteiger partial charge is 0.156 e. The van der Waals surface area contributed by atoms with Crippen LogP contribution in [0.5, 0.6) is 0 Å². The summed E-state index contributed by atoms with van der Waals surface area (Å²) in [5.41, 5.74) is 0.374. The zero-order valence-electron chi connectivity index (χ0n) is 10.6. The maximum absolute atomic E-state index is 4.54. The fraction of sp³-hybridized carbons (Fsp3) is 0.917. The molecule has 0 radical (unpaired) electrons. The number of thioether (sulfide) groups is 1. The molecule has 0 aromatic carbocycles. The van der Waals surface area contributed by atoms with Crippen LogP contribution in [0.4, 0.5) is 0 Å². The summed E-state index contributed by atoms with van der Waals surface area (Å²) >= 11 is 1.91. The summed E-state index contributed by atoms with van der Waals surface area (Å²) in [7, 11) is 0. The van der Waals surface area contributed by atoms with Crippen molar-refractivity contribution in [3.05, 3.63) is 0 Å². The molecule has 1 N–H and O–H groups in total. The summed E-state index contributed by atoms with van der Waals surface area (Å²) in [5, 5.41) is 5.30. The molecule has 0 fully saturated rings. The van der Waals surface area contributed by atoms with Gasteiger partial charge in [-0.1, -0.05) is 46.4 Å². The van der Waals surface area contributed by atoms with E-state index in [1.165, 1.54) is 6.42 Å². The van der Waals surface area contributed by atoms with Gasteiger partial charge in [0.05, 0.1) is 6.54 Å². The van der Waals surface area contributed by atoms with Gasteiger partial charge in [-0.25, -0.2) is 0 Å². The van der Waals surface area contributed by atoms with E-state index in [1.54, 1.807) is 0 Å². The maximum Gasteiger partial charge on any atom is 0.156 e. The highest BCUT2D eigenvalue weighted by molar-refractivity contribution is 8.14. The van der Waals surface area contributed by atoms with Gasteiger partial charge in [0, 0.05) is 11.8 Å². The predicted octanol–water partition coefficient (Wildman–Crippen LogP) is 3.14. The van der Waals surface area contributed by atoms with Crippen molar-refractivity contribution in [2.75, 3.05) is 13.1 Å². The minimum atomic E-state index is 0.374. The van der Waals surface area contributed by atoms with E-state index in [1.807, 2.05) is 11.8 Å². The molecule has 1 heterocycles. The third-order valence-corrected chi connectivity index (χ3v) is 4.59. The van der Waals surface area contributed by atoms with Gasteiger partial charge in [0.2, 0.25) is 0 Å². The Hall–Kier alpha value is -0.180. The van der Waals surface area contributed by atoms with Crippen molar-refractivity contribution in [1.29, 1.82) is 0 Å². The summed E-state index contributed by atoms with van der Waals surface area (Å²) < 4.78 is 0. The van der Waals surface area contributed by atoms with E-state index in [4.69, 9.17) is 0 Å². The Morgan fingerprint density at radius 3 is 2.67 bits per heavy atom. The Kier molecular flexibility index (Phi) is 4.50. The van der Waals surface area contributed by atoms with E-state index in [2.05, 4.69) is 44.9 Å². The lowest BCUT2D eigenvalue weighted by atomic mass is 9.90. The van der Waals surface area contributed by atoms with Crippen LogP contribution < -0.4 is 5.32 Å². The van der Waals surface area contributed by atoms with Gasteiger partial charge >= 0.3 is 0 Å². The van der Waals surface area contributed by atoms with Crippen molar-refractivity contribution in [2.45, 2.75) is 46.3 Å². The van der Waals surface area contributed by atoms with E-state index >= 15 is 0 Å². The summed E-state index contributed by atoms with van der Waals surface area (Å²) in [5.74, 6) is 0.720. The highest BCUT2D eigenvalue weighted by Crippen LogP contribution is 2.26. The molecule has 1 unspecified atom stereocenters. The molecule has 1 rings (SSSR count). The van der Waals surface area contributed by atoms with E-state index < -0.39 is 0 Å². The summed E-state index contributed by atoms with van der Waals surface area (Å²) in [6.07, 6.45) is 1.20. The molecular weight excluding hydrogens is 204 g/mol. The average molecular weight is 228 g/mol. The molecule has 88 valence electrons. The van der Waals surface area contributed by atoms with Crippen molar-refractivity contribution in [2.24, 2.45) is 16.3 Å². The SMILES string of the molecule is CCC(C)(C)CNC1=NCC(C(C)C)S1. The molecule has 3 heteroatoms. The van der Waals surface area contributed by atoms with Gasteiger partial charge in [0.15, 0.2) is 5.17 Å². The zero-order chi connectivity index (χ0) is 11.5. The first kappa shape index (κ1) is 12.9. The Bertz CT molecular complexity index is 234. The molecule has 1 aliphatic rings. The van der Waals surface area contributed by atoms with Gasteiger partial charge in [-0.2, -0.15) is 0 Å². The first-order valence-electron chi connectivity index (χ1n) is 5.89. The van der Waals surface area contributed by atoms with Crippen molar-refractivity contribution >= 4 is 16.9 Å². The normalized spacial score (nSPS) is 22.0. The van der Waals surface area contributed by atoms with Crippen LogP contribution in [0.2, 0.25) is 0 Å². The highest BCUT2D eigenvalue weighted by Gasteiger charge is 2.23. The minimum absolute atomic E-state index is 0.374. The number of amidine groups is 1. The molecule has 1 aliphatic heterocycles. The molecule has 0 aromatic rings. The Balaban J connectivity index is 2.31. The standard InChI is InChI=1S/C12H24N2S/c1-6-12(4,5)8-14-11-13-7-10(15-11)9(2)3/h9-10H,6-8H2,1-5H3,(H,13,14). The zero-order valence-corrected chi connectivity index (χ0v) is 11.4. The van der Waals surface area contributed by atoms with Crippen LogP contribution in [0.1, 0.15) is 41.0 Å². The fourth-order valence-corrected chi connectivity index (χ4v) is 2.29. The van der Waals surface area contributed by atoms with E-state index in [0.717, 1.165) is 24.2 Å². The first-order valence-corrected chi connectivity index (χ1v) is 6.77. The van der Waals surface area contributed by atoms with Crippen molar-refractivity contribution in [1.82, 2.24) is 5.32 Å². The molecule has 0 saturated heterocycles. The number of hydrogen-bond acceptors (Lipinski definition) is 3. The van der Waals surface area contributed by atoms with E-state index in [0.29, 0.717) is 10.7 Å². The number of aliphatic imine (C=N–C) groups is 1. The van der Waals surface area contributed by atoms with Gasteiger partial charge in [-0.05, 0) is 17.8 Å². The summed E-state index contributed by atoms with van der Waals surface area (Å²) in [4.78, 5) is 4.54. The number of nitrogens with one attached hydrogen (secondary N) is 1. The van der Waals surface area contributed by atoms with Gasteiger partial charge in [-0.3, -0.25) is 4.99 Å². The minimum Gasteiger partial charge on any atom is -0.364 e. The first-order chi connectivity index (χ1) is 6.94. The monoisotopic (exact) mass is 228 g/mol. The van der Waals surface area contributed by atoms with Crippen LogP contribution >= 0.6 is 11.8 Å². The van der Waals surface area contributed by atoms with E-state index in [9.17, 15) is 0 Å². The van der Waals surface area contributed by atoms with Crippen LogP contribution in [-0.2, 0) is 0 Å². The second-order valence-electron chi connectivity index (χ2n) is 5.42. The quantitative estimate of drug-likeness (QED) is 0.799. The van der Waals surface area contributed by atoms with E-state index in [-0.39, 0.29) is 0 Å². The lowest BCUT2D eigenvalue weighted by molar-refractivity contribution is 0.350. The highest BCUT2D eigenvalue weighted by atomic mass is 32.2. The topological polar surface area (TPSA) is 24.4 Å². The second-order valence-corrected chi connectivity index (χ2v) is 6.65. The number of hydrogen-bond donors (Lipinski definition) is 1. The molecule has 2 nitrogen and oxygen atoms in total. The van der Waals surface area contributed by atoms with Crippen molar-refractivity contribution in [3.63, 3.8) is 0 Å². The molecule has 1 atom stereocenters.